The van der Waals surface area contributed by atoms with Gasteiger partial charge < -0.3 is 5.11 Å². The molecule has 2 heteroatoms. The van der Waals surface area contributed by atoms with Gasteiger partial charge in [-0.15, -0.1) is 23.9 Å². The summed E-state index contributed by atoms with van der Waals surface area (Å²) in [5, 5.41) is 10.4. The minimum Gasteiger partial charge on any atom is -0.384 e. The van der Waals surface area contributed by atoms with Crippen LogP contribution in [0.5, 0.6) is 0 Å². The lowest BCUT2D eigenvalue weighted by Crippen LogP contribution is -2.25. The molecule has 0 saturated heterocycles. The number of alkyl halides is 1. The third-order valence-electron chi connectivity index (χ3n) is 2.43. The summed E-state index contributed by atoms with van der Waals surface area (Å²) in [5.41, 5.74) is -0.0571. The molecule has 0 aliphatic heterocycles. The third-order valence-corrected chi connectivity index (χ3v) is 2.70. The highest BCUT2D eigenvalue weighted by Crippen LogP contribution is 2.29. The van der Waals surface area contributed by atoms with Crippen LogP contribution in [-0.4, -0.2) is 11.0 Å². The Morgan fingerprint density at radius 2 is 2.00 bits per heavy atom. The van der Waals surface area contributed by atoms with E-state index in [1.54, 1.807) is 0 Å². The number of hydrogen-bond acceptors (Lipinski definition) is 1. The van der Waals surface area contributed by atoms with Gasteiger partial charge in [0.1, 0.15) is 5.60 Å². The Morgan fingerprint density at radius 3 is 2.53 bits per heavy atom. The van der Waals surface area contributed by atoms with Crippen molar-refractivity contribution in [3.63, 3.8) is 0 Å². The fourth-order valence-corrected chi connectivity index (χ4v) is 1.74. The van der Waals surface area contributed by atoms with Gasteiger partial charge in [-0.25, -0.2) is 0 Å². The molecule has 1 rings (SSSR count). The van der Waals surface area contributed by atoms with Crippen molar-refractivity contribution in [1.82, 2.24) is 0 Å². The average molecular weight is 223 g/mol. The Hall–Kier alpha value is -0.970. The first-order chi connectivity index (χ1) is 7.23. The molecule has 1 nitrogen and oxygen atoms in total. The summed E-state index contributed by atoms with van der Waals surface area (Å²) in [6.45, 7) is 0. The zero-order valence-corrected chi connectivity index (χ0v) is 9.37. The summed E-state index contributed by atoms with van der Waals surface area (Å²) in [7, 11) is 0. The molecule has 0 aliphatic carbocycles. The van der Waals surface area contributed by atoms with Crippen LogP contribution in [0.2, 0.25) is 0 Å². The van der Waals surface area contributed by atoms with Crippen LogP contribution in [0.3, 0.4) is 0 Å². The van der Waals surface area contributed by atoms with E-state index < -0.39 is 5.60 Å². The Balaban J connectivity index is 2.86. The summed E-state index contributed by atoms with van der Waals surface area (Å²) in [6.07, 6.45) is 6.97. The van der Waals surface area contributed by atoms with Gasteiger partial charge in [0.2, 0.25) is 0 Å². The monoisotopic (exact) mass is 222 g/mol. The molecule has 1 aromatic rings. The van der Waals surface area contributed by atoms with Crippen molar-refractivity contribution in [3.05, 3.63) is 35.9 Å². The molecular formula is C13H15ClO. The SMILES string of the molecule is C#CC[C@](O)(CCCCl)c1ccccc1. The topological polar surface area (TPSA) is 20.2 Å². The van der Waals surface area contributed by atoms with Gasteiger partial charge in [0, 0.05) is 12.3 Å². The van der Waals surface area contributed by atoms with E-state index in [4.69, 9.17) is 18.0 Å². The Bertz CT molecular complexity index is 328. The van der Waals surface area contributed by atoms with Crippen LogP contribution in [0.4, 0.5) is 0 Å². The minimum atomic E-state index is -0.926. The highest BCUT2D eigenvalue weighted by molar-refractivity contribution is 6.17. The molecule has 80 valence electrons. The first kappa shape index (κ1) is 12.1. The number of hydrogen-bond donors (Lipinski definition) is 1. The van der Waals surface area contributed by atoms with Gasteiger partial charge in [-0.3, -0.25) is 0 Å². The summed E-state index contributed by atoms with van der Waals surface area (Å²) in [5.74, 6) is 3.06. The largest absolute Gasteiger partial charge is 0.384 e. The van der Waals surface area contributed by atoms with E-state index in [0.29, 0.717) is 18.7 Å². The second-order valence-corrected chi connectivity index (χ2v) is 3.95. The smallest absolute Gasteiger partial charge is 0.101 e. The normalized spacial score (nSPS) is 14.2. The predicted octanol–water partition coefficient (Wildman–Crippen LogP) is 2.92. The van der Waals surface area contributed by atoms with Crippen molar-refractivity contribution in [2.24, 2.45) is 0 Å². The lowest BCUT2D eigenvalue weighted by molar-refractivity contribution is 0.0321. The third kappa shape index (κ3) is 3.27. The summed E-state index contributed by atoms with van der Waals surface area (Å²) in [4.78, 5) is 0. The zero-order valence-electron chi connectivity index (χ0n) is 8.62. The molecule has 1 aromatic carbocycles. The second kappa shape index (κ2) is 5.80. The van der Waals surface area contributed by atoms with Gasteiger partial charge in [0.25, 0.3) is 0 Å². The fourth-order valence-electron chi connectivity index (χ4n) is 1.61. The van der Waals surface area contributed by atoms with Crippen LogP contribution in [0, 0.1) is 12.3 Å². The standard InChI is InChI=1S/C13H15ClO/c1-2-9-13(15,10-6-11-14)12-7-4-3-5-8-12/h1,3-5,7-8,15H,6,9-11H2/t13-/m0/s1. The maximum Gasteiger partial charge on any atom is 0.101 e. The molecule has 1 N–H and O–H groups in total. The van der Waals surface area contributed by atoms with Crippen molar-refractivity contribution in [1.29, 1.82) is 0 Å². The van der Waals surface area contributed by atoms with Crippen molar-refractivity contribution < 1.29 is 5.11 Å². The van der Waals surface area contributed by atoms with Gasteiger partial charge in [-0.1, -0.05) is 30.3 Å². The molecule has 0 aromatic heterocycles. The number of halogens is 1. The van der Waals surface area contributed by atoms with E-state index in [1.807, 2.05) is 30.3 Å². The maximum absolute atomic E-state index is 10.4. The minimum absolute atomic E-state index is 0.327. The first-order valence-electron chi connectivity index (χ1n) is 5.00. The second-order valence-electron chi connectivity index (χ2n) is 3.57. The van der Waals surface area contributed by atoms with Crippen LogP contribution < -0.4 is 0 Å². The zero-order chi connectivity index (χ0) is 11.1. The lowest BCUT2D eigenvalue weighted by Gasteiger charge is -2.26. The molecule has 0 bridgehead atoms. The lowest BCUT2D eigenvalue weighted by atomic mass is 9.87. The van der Waals surface area contributed by atoms with Crippen LogP contribution in [0.25, 0.3) is 0 Å². The Kier molecular flexibility index (Phi) is 4.68. The summed E-state index contributed by atoms with van der Waals surface area (Å²) in [6, 6.07) is 9.51. The number of rotatable bonds is 5. The number of benzene rings is 1. The molecule has 0 unspecified atom stereocenters. The highest BCUT2D eigenvalue weighted by atomic mass is 35.5. The molecule has 0 amide bonds. The van der Waals surface area contributed by atoms with Gasteiger partial charge in [0.05, 0.1) is 0 Å². The molecule has 0 radical (unpaired) electrons. The molecular weight excluding hydrogens is 208 g/mol. The Labute approximate surface area is 96.1 Å². The molecule has 0 spiro atoms. The molecule has 15 heavy (non-hydrogen) atoms. The molecule has 0 heterocycles. The van der Waals surface area contributed by atoms with Gasteiger partial charge in [-0.05, 0) is 18.4 Å². The van der Waals surface area contributed by atoms with E-state index in [9.17, 15) is 5.11 Å². The maximum atomic E-state index is 10.4. The van der Waals surface area contributed by atoms with E-state index in [0.717, 1.165) is 12.0 Å². The fraction of sp³-hybridized carbons (Fsp3) is 0.385. The summed E-state index contributed by atoms with van der Waals surface area (Å²) >= 11 is 5.63. The van der Waals surface area contributed by atoms with Crippen molar-refractivity contribution in [2.45, 2.75) is 24.9 Å². The van der Waals surface area contributed by atoms with Crippen molar-refractivity contribution in [3.8, 4) is 12.3 Å². The van der Waals surface area contributed by atoms with Crippen LogP contribution >= 0.6 is 11.6 Å². The predicted molar refractivity (Wildman–Crippen MR) is 63.7 cm³/mol. The van der Waals surface area contributed by atoms with Crippen LogP contribution in [-0.2, 0) is 5.60 Å². The van der Waals surface area contributed by atoms with Gasteiger partial charge in [-0.2, -0.15) is 0 Å². The molecule has 0 aliphatic rings. The van der Waals surface area contributed by atoms with E-state index in [2.05, 4.69) is 5.92 Å². The molecule has 0 saturated carbocycles. The van der Waals surface area contributed by atoms with E-state index >= 15 is 0 Å². The quantitative estimate of drug-likeness (QED) is 0.600. The number of terminal acetylenes is 1. The molecule has 0 fully saturated rings. The van der Waals surface area contributed by atoms with E-state index in [1.165, 1.54) is 0 Å². The first-order valence-corrected chi connectivity index (χ1v) is 5.54. The van der Waals surface area contributed by atoms with Crippen molar-refractivity contribution >= 4 is 11.6 Å². The summed E-state index contributed by atoms with van der Waals surface area (Å²) < 4.78 is 0. The number of aliphatic hydroxyl groups is 1. The average Bonchev–Trinajstić information content (AvgIpc) is 2.28. The van der Waals surface area contributed by atoms with Crippen LogP contribution in [0.15, 0.2) is 30.3 Å². The highest BCUT2D eigenvalue weighted by Gasteiger charge is 2.27. The van der Waals surface area contributed by atoms with Gasteiger partial charge >= 0.3 is 0 Å². The van der Waals surface area contributed by atoms with Crippen molar-refractivity contribution in [2.75, 3.05) is 5.88 Å². The molecule has 1 atom stereocenters. The van der Waals surface area contributed by atoms with Gasteiger partial charge in [0.15, 0.2) is 0 Å². The van der Waals surface area contributed by atoms with E-state index in [-0.39, 0.29) is 0 Å². The van der Waals surface area contributed by atoms with Crippen LogP contribution in [0.1, 0.15) is 24.8 Å². The Morgan fingerprint density at radius 1 is 1.33 bits per heavy atom.